The van der Waals surface area contributed by atoms with Crippen LogP contribution in [0.5, 0.6) is 5.75 Å². The lowest BCUT2D eigenvalue weighted by Crippen LogP contribution is -2.38. The van der Waals surface area contributed by atoms with Crippen molar-refractivity contribution in [3.63, 3.8) is 0 Å². The minimum Gasteiger partial charge on any atom is -0.497 e. The summed E-state index contributed by atoms with van der Waals surface area (Å²) in [5, 5.41) is 8.03. The van der Waals surface area contributed by atoms with Crippen LogP contribution in [0.3, 0.4) is 0 Å². The number of aromatic nitrogens is 4. The molecule has 1 aliphatic heterocycles. The van der Waals surface area contributed by atoms with E-state index in [2.05, 4.69) is 33.9 Å². The molecule has 1 saturated heterocycles. The number of fused-ring (bicyclic) bond motifs is 1. The van der Waals surface area contributed by atoms with Gasteiger partial charge in [0.2, 0.25) is 5.65 Å². The summed E-state index contributed by atoms with van der Waals surface area (Å²) in [7, 11) is 1.62. The summed E-state index contributed by atoms with van der Waals surface area (Å²) in [5.41, 5.74) is 3.46. The Bertz CT molecular complexity index is 962. The third-order valence-corrected chi connectivity index (χ3v) is 6.01. The first kappa shape index (κ1) is 18.0. The molecule has 3 heterocycles. The molecule has 142 valence electrons. The van der Waals surface area contributed by atoms with Gasteiger partial charge >= 0.3 is 0 Å². The normalized spacial score (nSPS) is 16.7. The molecule has 0 radical (unpaired) electrons. The number of nitrogens with zero attached hydrogens (tertiary/aromatic N) is 4. The van der Waals surface area contributed by atoms with Crippen LogP contribution >= 0.6 is 11.6 Å². The summed E-state index contributed by atoms with van der Waals surface area (Å²) >= 11 is 6.20. The number of nitrogens with one attached hydrogen (secondary N) is 1. The standard InChI is InChI=1S/C20H24ClN5O/c1-4-20(2)5-7-26(8-6-20)16-12-22-18-17(24-25-19(18)23-16)13-9-14(21)11-15(10-13)27-3/h9-12H,4-8H2,1-3H3,(H,23,24,25). The van der Waals surface area contributed by atoms with Crippen molar-refractivity contribution in [3.05, 3.63) is 29.4 Å². The highest BCUT2D eigenvalue weighted by molar-refractivity contribution is 6.31. The number of piperidine rings is 1. The molecule has 7 heteroatoms. The molecule has 3 aromatic rings. The van der Waals surface area contributed by atoms with Crippen molar-refractivity contribution in [2.75, 3.05) is 25.1 Å². The Labute approximate surface area is 163 Å². The molecule has 0 bridgehead atoms. The number of hydrogen-bond acceptors (Lipinski definition) is 5. The molecule has 1 N–H and O–H groups in total. The molecule has 0 saturated carbocycles. The van der Waals surface area contributed by atoms with Crippen LogP contribution in [0.4, 0.5) is 5.82 Å². The Morgan fingerprint density at radius 3 is 2.74 bits per heavy atom. The molecular weight excluding hydrogens is 362 g/mol. The molecule has 0 aliphatic carbocycles. The topological polar surface area (TPSA) is 66.9 Å². The number of anilines is 1. The van der Waals surface area contributed by atoms with Gasteiger partial charge in [-0.2, -0.15) is 5.10 Å². The Morgan fingerprint density at radius 2 is 2.04 bits per heavy atom. The largest absolute Gasteiger partial charge is 0.497 e. The van der Waals surface area contributed by atoms with Crippen LogP contribution in [0.2, 0.25) is 5.02 Å². The van der Waals surface area contributed by atoms with E-state index in [1.165, 1.54) is 19.3 Å². The van der Waals surface area contributed by atoms with Crippen LogP contribution in [0.15, 0.2) is 24.4 Å². The second kappa shape index (κ2) is 7.00. The monoisotopic (exact) mass is 385 g/mol. The van der Waals surface area contributed by atoms with Gasteiger partial charge in [0, 0.05) is 23.7 Å². The molecule has 1 aromatic carbocycles. The second-order valence-corrected chi connectivity index (χ2v) is 7.97. The van der Waals surface area contributed by atoms with Gasteiger partial charge in [-0.25, -0.2) is 9.97 Å². The third kappa shape index (κ3) is 3.46. The molecule has 0 amide bonds. The van der Waals surface area contributed by atoms with Gasteiger partial charge in [0.25, 0.3) is 0 Å². The summed E-state index contributed by atoms with van der Waals surface area (Å²) in [6.45, 7) is 6.66. The minimum atomic E-state index is 0.444. The van der Waals surface area contributed by atoms with E-state index in [-0.39, 0.29) is 0 Å². The Hall–Kier alpha value is -2.34. The molecular formula is C20H24ClN5O. The van der Waals surface area contributed by atoms with Gasteiger partial charge in [-0.05, 0) is 36.5 Å². The Balaban J connectivity index is 1.64. The van der Waals surface area contributed by atoms with Gasteiger partial charge in [0.05, 0.1) is 19.0 Å². The number of methoxy groups -OCH3 is 1. The third-order valence-electron chi connectivity index (χ3n) is 5.80. The highest BCUT2D eigenvalue weighted by Crippen LogP contribution is 2.36. The number of aromatic amines is 1. The molecule has 1 fully saturated rings. The average Bonchev–Trinajstić information content (AvgIpc) is 3.11. The summed E-state index contributed by atoms with van der Waals surface area (Å²) in [4.78, 5) is 11.7. The lowest BCUT2D eigenvalue weighted by Gasteiger charge is -2.39. The molecule has 6 nitrogen and oxygen atoms in total. The van der Waals surface area contributed by atoms with E-state index in [1.54, 1.807) is 13.2 Å². The smallest absolute Gasteiger partial charge is 0.202 e. The van der Waals surface area contributed by atoms with Crippen LogP contribution < -0.4 is 9.64 Å². The minimum absolute atomic E-state index is 0.444. The van der Waals surface area contributed by atoms with Gasteiger partial charge < -0.3 is 9.64 Å². The highest BCUT2D eigenvalue weighted by Gasteiger charge is 2.29. The molecule has 4 rings (SSSR count). The lowest BCUT2D eigenvalue weighted by molar-refractivity contribution is 0.238. The zero-order chi connectivity index (χ0) is 19.0. The summed E-state index contributed by atoms with van der Waals surface area (Å²) in [5.74, 6) is 1.58. The molecule has 1 aliphatic rings. The van der Waals surface area contributed by atoms with Crippen LogP contribution in [0.25, 0.3) is 22.4 Å². The number of benzene rings is 1. The maximum Gasteiger partial charge on any atom is 0.202 e. The van der Waals surface area contributed by atoms with E-state index in [9.17, 15) is 0 Å². The van der Waals surface area contributed by atoms with Gasteiger partial charge in [0.15, 0.2) is 0 Å². The van der Waals surface area contributed by atoms with Gasteiger partial charge in [-0.15, -0.1) is 0 Å². The quantitative estimate of drug-likeness (QED) is 0.705. The maximum absolute atomic E-state index is 6.20. The molecule has 2 aromatic heterocycles. The van der Waals surface area contributed by atoms with Crippen molar-refractivity contribution in [2.45, 2.75) is 33.1 Å². The van der Waals surface area contributed by atoms with Crippen LogP contribution in [-0.4, -0.2) is 40.4 Å². The lowest BCUT2D eigenvalue weighted by atomic mass is 9.78. The highest BCUT2D eigenvalue weighted by atomic mass is 35.5. The first-order chi connectivity index (χ1) is 13.0. The van der Waals surface area contributed by atoms with Crippen molar-refractivity contribution >= 4 is 28.6 Å². The number of hydrogen-bond donors (Lipinski definition) is 1. The van der Waals surface area contributed by atoms with E-state index in [4.69, 9.17) is 21.3 Å². The molecule has 0 unspecified atom stereocenters. The SMILES string of the molecule is CCC1(C)CCN(c2cnc3c(-c4cc(Cl)cc(OC)c4)[nH]nc3n2)CC1. The zero-order valence-corrected chi connectivity index (χ0v) is 16.7. The van der Waals surface area contributed by atoms with Gasteiger partial charge in [-0.1, -0.05) is 31.9 Å². The predicted octanol–water partition coefficient (Wildman–Crippen LogP) is 4.70. The van der Waals surface area contributed by atoms with E-state index in [1.807, 2.05) is 18.3 Å². The van der Waals surface area contributed by atoms with Crippen molar-refractivity contribution in [3.8, 4) is 17.0 Å². The first-order valence-corrected chi connectivity index (χ1v) is 9.70. The van der Waals surface area contributed by atoms with E-state index in [0.29, 0.717) is 21.8 Å². The zero-order valence-electron chi connectivity index (χ0n) is 15.9. The summed E-state index contributed by atoms with van der Waals surface area (Å²) < 4.78 is 5.31. The fourth-order valence-electron chi connectivity index (χ4n) is 3.59. The predicted molar refractivity (Wildman–Crippen MR) is 109 cm³/mol. The number of halogens is 1. The van der Waals surface area contributed by atoms with Crippen molar-refractivity contribution < 1.29 is 4.74 Å². The number of H-pyrrole nitrogens is 1. The van der Waals surface area contributed by atoms with Crippen molar-refractivity contribution in [1.82, 2.24) is 20.2 Å². The molecule has 0 spiro atoms. The van der Waals surface area contributed by atoms with Crippen LogP contribution in [0, 0.1) is 5.41 Å². The van der Waals surface area contributed by atoms with Gasteiger partial charge in [-0.3, -0.25) is 5.10 Å². The Kier molecular flexibility index (Phi) is 4.68. The van der Waals surface area contributed by atoms with Crippen molar-refractivity contribution in [2.24, 2.45) is 5.41 Å². The van der Waals surface area contributed by atoms with E-state index in [0.717, 1.165) is 35.7 Å². The van der Waals surface area contributed by atoms with Crippen LogP contribution in [0.1, 0.15) is 33.1 Å². The van der Waals surface area contributed by atoms with E-state index >= 15 is 0 Å². The number of rotatable bonds is 4. The molecule has 27 heavy (non-hydrogen) atoms. The number of ether oxygens (including phenoxy) is 1. The Morgan fingerprint density at radius 1 is 1.26 bits per heavy atom. The summed E-state index contributed by atoms with van der Waals surface area (Å²) in [6.07, 6.45) is 5.42. The van der Waals surface area contributed by atoms with Crippen molar-refractivity contribution in [1.29, 1.82) is 0 Å². The van der Waals surface area contributed by atoms with E-state index < -0.39 is 0 Å². The van der Waals surface area contributed by atoms with Gasteiger partial charge in [0.1, 0.15) is 17.1 Å². The maximum atomic E-state index is 6.20. The molecule has 0 atom stereocenters. The fraction of sp³-hybridized carbons (Fsp3) is 0.450. The van der Waals surface area contributed by atoms with Crippen LogP contribution in [-0.2, 0) is 0 Å². The first-order valence-electron chi connectivity index (χ1n) is 9.32. The average molecular weight is 386 g/mol. The summed E-state index contributed by atoms with van der Waals surface area (Å²) in [6, 6.07) is 5.54. The second-order valence-electron chi connectivity index (χ2n) is 7.53. The fourth-order valence-corrected chi connectivity index (χ4v) is 3.82.